The number of H-pyrrole nitrogens is 1. The molecule has 0 fully saturated rings. The zero-order valence-electron chi connectivity index (χ0n) is 20.0. The Bertz CT molecular complexity index is 1340. The van der Waals surface area contributed by atoms with Gasteiger partial charge in [0.15, 0.2) is 24.0 Å². The van der Waals surface area contributed by atoms with Crippen molar-refractivity contribution in [1.82, 2.24) is 25.5 Å². The molecule has 2 heterocycles. The van der Waals surface area contributed by atoms with Gasteiger partial charge in [0, 0.05) is 17.3 Å². The number of fused-ring (bicyclic) bond motifs is 1. The van der Waals surface area contributed by atoms with E-state index in [0.29, 0.717) is 34.9 Å². The highest BCUT2D eigenvalue weighted by atomic mass is 19.1. The van der Waals surface area contributed by atoms with E-state index in [-0.39, 0.29) is 35.0 Å². The van der Waals surface area contributed by atoms with E-state index in [2.05, 4.69) is 30.8 Å². The minimum Gasteiger partial charge on any atom is -0.491 e. The first kappa shape index (κ1) is 23.9. The van der Waals surface area contributed by atoms with Gasteiger partial charge in [0.05, 0.1) is 29.4 Å². The second-order valence-corrected chi connectivity index (χ2v) is 8.83. The maximum absolute atomic E-state index is 15.3. The lowest BCUT2D eigenvalue weighted by molar-refractivity contribution is -0.124. The van der Waals surface area contributed by atoms with Crippen LogP contribution in [0.1, 0.15) is 27.7 Å². The van der Waals surface area contributed by atoms with Crippen LogP contribution < -0.4 is 20.1 Å². The van der Waals surface area contributed by atoms with E-state index < -0.39 is 5.82 Å². The molecule has 4 aromatic rings. The SMILES string of the molecule is CCOc1ccc2nc(-c3cccc(OCC(=O)NC(C)(C)C)c3)nc(Nc3cn[nH]c3)c2c1F. The molecular formula is C25H27FN6O3. The number of aromatic amines is 1. The van der Waals surface area contributed by atoms with Crippen molar-refractivity contribution in [2.45, 2.75) is 33.2 Å². The number of nitrogens with zero attached hydrogens (tertiary/aromatic N) is 3. The molecule has 0 radical (unpaired) electrons. The summed E-state index contributed by atoms with van der Waals surface area (Å²) in [6.45, 7) is 7.69. The Kier molecular flexibility index (Phi) is 6.81. The molecule has 2 aromatic heterocycles. The summed E-state index contributed by atoms with van der Waals surface area (Å²) in [6, 6.07) is 10.3. The maximum atomic E-state index is 15.3. The fraction of sp³-hybridized carbons (Fsp3) is 0.280. The van der Waals surface area contributed by atoms with Gasteiger partial charge in [-0.25, -0.2) is 14.4 Å². The molecule has 0 unspecified atom stereocenters. The quantitative estimate of drug-likeness (QED) is 0.339. The minimum absolute atomic E-state index is 0.121. The number of aromatic nitrogens is 4. The van der Waals surface area contributed by atoms with Gasteiger partial charge < -0.3 is 20.1 Å². The number of hydrogen-bond acceptors (Lipinski definition) is 7. The average molecular weight is 479 g/mol. The standard InChI is InChI=1S/C25H27FN6O3/c1-5-34-19-10-9-18-21(22(19)26)24(29-16-12-27-28-13-16)31-23(30-18)15-7-6-8-17(11-15)35-14-20(33)32-25(2,3)4/h6-13H,5,14H2,1-4H3,(H,27,28)(H,32,33)(H,29,30,31). The normalized spacial score (nSPS) is 11.3. The topological polar surface area (TPSA) is 114 Å². The molecule has 0 bridgehead atoms. The van der Waals surface area contributed by atoms with Crippen molar-refractivity contribution in [3.8, 4) is 22.9 Å². The Balaban J connectivity index is 1.69. The first-order valence-electron chi connectivity index (χ1n) is 11.2. The molecule has 1 amide bonds. The summed E-state index contributed by atoms with van der Waals surface area (Å²) in [7, 11) is 0. The van der Waals surface area contributed by atoms with Crippen molar-refractivity contribution < 1.29 is 18.7 Å². The Morgan fingerprint density at radius 1 is 1.14 bits per heavy atom. The molecule has 0 aliphatic carbocycles. The van der Waals surface area contributed by atoms with E-state index >= 15 is 4.39 Å². The molecule has 182 valence electrons. The van der Waals surface area contributed by atoms with Gasteiger partial charge in [-0.2, -0.15) is 5.10 Å². The Morgan fingerprint density at radius 3 is 2.69 bits per heavy atom. The highest BCUT2D eigenvalue weighted by Crippen LogP contribution is 2.34. The van der Waals surface area contributed by atoms with E-state index in [1.807, 2.05) is 26.8 Å². The Labute approximate surface area is 202 Å². The molecule has 0 aliphatic rings. The fourth-order valence-electron chi connectivity index (χ4n) is 3.44. The number of halogens is 1. The number of rotatable bonds is 8. The van der Waals surface area contributed by atoms with Crippen molar-refractivity contribution in [2.24, 2.45) is 0 Å². The van der Waals surface area contributed by atoms with Crippen LogP contribution >= 0.6 is 0 Å². The second kappa shape index (κ2) is 9.96. The van der Waals surface area contributed by atoms with Crippen molar-refractivity contribution in [2.75, 3.05) is 18.5 Å². The number of carbonyl (C=O) groups excluding carboxylic acids is 1. The van der Waals surface area contributed by atoms with Crippen molar-refractivity contribution in [3.05, 3.63) is 54.6 Å². The molecule has 0 saturated heterocycles. The minimum atomic E-state index is -0.552. The van der Waals surface area contributed by atoms with Crippen LogP contribution in [0.5, 0.6) is 11.5 Å². The molecule has 2 aromatic carbocycles. The van der Waals surface area contributed by atoms with Crippen LogP contribution in [0.3, 0.4) is 0 Å². The number of anilines is 2. The van der Waals surface area contributed by atoms with Gasteiger partial charge in [-0.15, -0.1) is 0 Å². The Morgan fingerprint density at radius 2 is 1.97 bits per heavy atom. The lowest BCUT2D eigenvalue weighted by Gasteiger charge is -2.20. The van der Waals surface area contributed by atoms with Gasteiger partial charge in [-0.05, 0) is 52.0 Å². The van der Waals surface area contributed by atoms with Gasteiger partial charge >= 0.3 is 0 Å². The summed E-state index contributed by atoms with van der Waals surface area (Å²) in [4.78, 5) is 21.3. The monoisotopic (exact) mass is 478 g/mol. The summed E-state index contributed by atoms with van der Waals surface area (Å²) in [6.07, 6.45) is 3.20. The van der Waals surface area contributed by atoms with Gasteiger partial charge in [-0.3, -0.25) is 9.89 Å². The molecule has 0 atom stereocenters. The molecule has 0 aliphatic heterocycles. The van der Waals surface area contributed by atoms with E-state index in [1.54, 1.807) is 49.6 Å². The average Bonchev–Trinajstić information content (AvgIpc) is 3.31. The largest absolute Gasteiger partial charge is 0.491 e. The summed E-state index contributed by atoms with van der Waals surface area (Å²) in [5.41, 5.74) is 1.30. The predicted octanol–water partition coefficient (Wildman–Crippen LogP) is 4.59. The number of hydrogen-bond donors (Lipinski definition) is 3. The van der Waals surface area contributed by atoms with Crippen molar-refractivity contribution in [1.29, 1.82) is 0 Å². The van der Waals surface area contributed by atoms with Crippen LogP contribution in [0.15, 0.2) is 48.8 Å². The molecule has 4 rings (SSSR count). The van der Waals surface area contributed by atoms with Crippen molar-refractivity contribution >= 4 is 28.3 Å². The highest BCUT2D eigenvalue weighted by Gasteiger charge is 2.18. The summed E-state index contributed by atoms with van der Waals surface area (Å²) >= 11 is 0. The number of nitrogens with one attached hydrogen (secondary N) is 3. The van der Waals surface area contributed by atoms with Crippen LogP contribution in [0.4, 0.5) is 15.9 Å². The van der Waals surface area contributed by atoms with E-state index in [0.717, 1.165) is 0 Å². The van der Waals surface area contributed by atoms with Gasteiger partial charge in [0.1, 0.15) is 11.6 Å². The van der Waals surface area contributed by atoms with Crippen LogP contribution in [-0.2, 0) is 4.79 Å². The number of benzene rings is 2. The lowest BCUT2D eigenvalue weighted by atomic mass is 10.1. The predicted molar refractivity (Wildman–Crippen MR) is 131 cm³/mol. The summed E-state index contributed by atoms with van der Waals surface area (Å²) in [5, 5.41) is 12.8. The summed E-state index contributed by atoms with van der Waals surface area (Å²) < 4.78 is 26.4. The zero-order valence-corrected chi connectivity index (χ0v) is 20.0. The maximum Gasteiger partial charge on any atom is 0.258 e. The van der Waals surface area contributed by atoms with Crippen LogP contribution in [-0.4, -0.2) is 44.8 Å². The molecule has 10 heteroatoms. The molecule has 35 heavy (non-hydrogen) atoms. The molecule has 9 nitrogen and oxygen atoms in total. The fourth-order valence-corrected chi connectivity index (χ4v) is 3.44. The van der Waals surface area contributed by atoms with Gasteiger partial charge in [0.2, 0.25) is 0 Å². The first-order valence-corrected chi connectivity index (χ1v) is 11.2. The molecule has 0 spiro atoms. The third kappa shape index (κ3) is 5.84. The van der Waals surface area contributed by atoms with E-state index in [9.17, 15) is 4.79 Å². The number of ether oxygens (including phenoxy) is 2. The van der Waals surface area contributed by atoms with E-state index in [4.69, 9.17) is 9.47 Å². The van der Waals surface area contributed by atoms with E-state index in [1.165, 1.54) is 0 Å². The molecule has 0 saturated carbocycles. The molecule has 3 N–H and O–H groups in total. The Hall–Kier alpha value is -4.21. The number of amides is 1. The van der Waals surface area contributed by atoms with Crippen molar-refractivity contribution in [3.63, 3.8) is 0 Å². The van der Waals surface area contributed by atoms with Gasteiger partial charge in [-0.1, -0.05) is 12.1 Å². The molecular weight excluding hydrogens is 451 g/mol. The first-order chi connectivity index (χ1) is 16.7. The highest BCUT2D eigenvalue weighted by molar-refractivity contribution is 5.94. The lowest BCUT2D eigenvalue weighted by Crippen LogP contribution is -2.43. The van der Waals surface area contributed by atoms with Gasteiger partial charge in [0.25, 0.3) is 5.91 Å². The number of carbonyl (C=O) groups is 1. The zero-order chi connectivity index (χ0) is 25.0. The third-order valence-corrected chi connectivity index (χ3v) is 4.80. The summed E-state index contributed by atoms with van der Waals surface area (Å²) in [5.74, 6) is 0.451. The van der Waals surface area contributed by atoms with Crippen LogP contribution in [0, 0.1) is 5.82 Å². The van der Waals surface area contributed by atoms with Crippen LogP contribution in [0.2, 0.25) is 0 Å². The third-order valence-electron chi connectivity index (χ3n) is 4.80. The smallest absolute Gasteiger partial charge is 0.258 e. The second-order valence-electron chi connectivity index (χ2n) is 8.83. The van der Waals surface area contributed by atoms with Crippen LogP contribution in [0.25, 0.3) is 22.3 Å².